The summed E-state index contributed by atoms with van der Waals surface area (Å²) in [6, 6.07) is 4.99. The largest absolute Gasteiger partial charge is 0.508 e. The first-order valence-corrected chi connectivity index (χ1v) is 24.6. The van der Waals surface area contributed by atoms with Crippen molar-refractivity contribution in [3.05, 3.63) is 51.7 Å². The van der Waals surface area contributed by atoms with Gasteiger partial charge < -0.3 is 71.6 Å². The molecule has 67 heavy (non-hydrogen) atoms. The van der Waals surface area contributed by atoms with E-state index in [1.54, 1.807) is 13.0 Å². The number of rotatable bonds is 27. The number of carboxylic acid groups (broad SMARTS) is 1. The minimum atomic E-state index is -1.85. The van der Waals surface area contributed by atoms with Gasteiger partial charge in [0.2, 0.25) is 11.8 Å². The van der Waals surface area contributed by atoms with Crippen molar-refractivity contribution in [2.24, 2.45) is 0 Å². The van der Waals surface area contributed by atoms with Crippen LogP contribution in [0.4, 0.5) is 27.2 Å². The van der Waals surface area contributed by atoms with Crippen LogP contribution < -0.4 is 31.5 Å². The molecular formula is C40H57ClN10O13S3. The average Bonchev–Trinajstić information content (AvgIpc) is 3.77. The molecule has 0 spiro atoms. The number of aromatic nitrogens is 3. The highest BCUT2D eigenvalue weighted by atomic mass is 35.5. The van der Waals surface area contributed by atoms with Crippen LogP contribution in [0.1, 0.15) is 33.9 Å². The van der Waals surface area contributed by atoms with E-state index in [4.69, 9.17) is 26.2 Å². The number of carboxylic acids is 1. The van der Waals surface area contributed by atoms with Crippen molar-refractivity contribution in [3.8, 4) is 0 Å². The number of benzene rings is 1. The number of aliphatic carboxylic acids is 1. The molecule has 23 nitrogen and oxygen atoms in total. The van der Waals surface area contributed by atoms with E-state index >= 15 is 0 Å². The number of aryl methyl sites for hydroxylation is 2. The fourth-order valence-electron chi connectivity index (χ4n) is 6.24. The van der Waals surface area contributed by atoms with Crippen LogP contribution in [0.2, 0.25) is 5.02 Å². The van der Waals surface area contributed by atoms with Gasteiger partial charge in [0, 0.05) is 63.3 Å². The van der Waals surface area contributed by atoms with Crippen LogP contribution in [-0.2, 0) is 23.9 Å². The molecule has 0 aliphatic carbocycles. The Hall–Kier alpha value is -4.61. The quantitative estimate of drug-likeness (QED) is 0.0279. The van der Waals surface area contributed by atoms with Gasteiger partial charge in [-0.25, -0.2) is 24.5 Å². The summed E-state index contributed by atoms with van der Waals surface area (Å²) in [6.45, 7) is 5.61. The second-order valence-corrected chi connectivity index (χ2v) is 19.0. The predicted molar refractivity (Wildman–Crippen MR) is 253 cm³/mol. The molecule has 6 atom stereocenters. The number of thiazole rings is 1. The Bertz CT molecular complexity index is 2090. The summed E-state index contributed by atoms with van der Waals surface area (Å²) in [5, 5.41) is 71.9. The summed E-state index contributed by atoms with van der Waals surface area (Å²) in [5.74, 6) is -0.778. The van der Waals surface area contributed by atoms with Gasteiger partial charge in [0.25, 0.3) is 5.91 Å². The van der Waals surface area contributed by atoms with Gasteiger partial charge in [-0.05, 0) is 38.9 Å². The van der Waals surface area contributed by atoms with Gasteiger partial charge in [-0.3, -0.25) is 19.3 Å². The summed E-state index contributed by atoms with van der Waals surface area (Å²) in [4.78, 5) is 80.2. The molecule has 1 aromatic carbocycles. The van der Waals surface area contributed by atoms with Crippen LogP contribution in [0.25, 0.3) is 0 Å². The van der Waals surface area contributed by atoms with E-state index in [0.717, 1.165) is 22.2 Å². The van der Waals surface area contributed by atoms with E-state index in [1.807, 2.05) is 25.1 Å². The summed E-state index contributed by atoms with van der Waals surface area (Å²) >= 11 is 7.45. The number of piperazine rings is 1. The fraction of sp³-hybridized carbons (Fsp3) is 0.550. The Morgan fingerprint density at radius 1 is 0.955 bits per heavy atom. The van der Waals surface area contributed by atoms with Gasteiger partial charge in [0.15, 0.2) is 5.13 Å². The molecule has 1 saturated heterocycles. The molecule has 1 fully saturated rings. The van der Waals surface area contributed by atoms with E-state index in [-0.39, 0.29) is 37.7 Å². The number of likely N-dealkylation sites (N-methyl/N-ethyl adjacent to an activating group) is 1. The maximum Gasteiger partial charge on any atom is 0.508 e. The first-order chi connectivity index (χ1) is 32.0. The number of amides is 3. The van der Waals surface area contributed by atoms with Crippen molar-refractivity contribution in [3.63, 3.8) is 0 Å². The molecule has 1 aliphatic rings. The summed E-state index contributed by atoms with van der Waals surface area (Å²) in [5.41, 5.74) is 1.39. The molecule has 0 unspecified atom stereocenters. The minimum Gasteiger partial charge on any atom is -0.480 e. The molecule has 27 heteroatoms. The zero-order chi connectivity index (χ0) is 49.0. The second-order valence-electron chi connectivity index (χ2n) is 15.0. The summed E-state index contributed by atoms with van der Waals surface area (Å²) in [6.07, 6.45) is -6.67. The third kappa shape index (κ3) is 18.1. The molecule has 3 heterocycles. The number of hydrogen-bond donors (Lipinski definition) is 11. The van der Waals surface area contributed by atoms with Crippen LogP contribution in [0.15, 0.2) is 30.5 Å². The molecule has 11 N–H and O–H groups in total. The summed E-state index contributed by atoms with van der Waals surface area (Å²) < 4.78 is 10.4. The number of aliphatic hydroxyl groups excluding tert-OH is 5. The fourth-order valence-corrected chi connectivity index (χ4v) is 9.21. The van der Waals surface area contributed by atoms with Crippen molar-refractivity contribution in [1.29, 1.82) is 0 Å². The number of carbonyl (C=O) groups is 5. The van der Waals surface area contributed by atoms with Gasteiger partial charge in [-0.2, -0.15) is 0 Å². The molecule has 2 aromatic heterocycles. The highest BCUT2D eigenvalue weighted by Crippen LogP contribution is 2.29. The third-order valence-corrected chi connectivity index (χ3v) is 13.7. The van der Waals surface area contributed by atoms with Gasteiger partial charge in [-0.15, -0.1) is 0 Å². The van der Waals surface area contributed by atoms with Crippen LogP contribution in [0, 0.1) is 13.8 Å². The molecular weight excluding hydrogens is 960 g/mol. The number of nitrogens with zero attached hydrogens (tertiary/aromatic N) is 5. The normalized spacial score (nSPS) is 15.6. The summed E-state index contributed by atoms with van der Waals surface area (Å²) in [7, 11) is 3.84. The van der Waals surface area contributed by atoms with Crippen LogP contribution in [0.3, 0.4) is 0 Å². The zero-order valence-electron chi connectivity index (χ0n) is 36.9. The highest BCUT2D eigenvalue weighted by Gasteiger charge is 2.31. The van der Waals surface area contributed by atoms with E-state index in [1.165, 1.54) is 35.4 Å². The van der Waals surface area contributed by atoms with E-state index in [0.29, 0.717) is 70.8 Å². The SMILES string of the molecule is CN[C@@H](CCC(=O)NC[C@H](O)[C@@H](O)[C@H](O)[C@H](O)CO)C(=O)N[C@@H](CSSCCOC(=O)OCCN1CCN(c2cc(Nc3ncc(C(=O)Nc4c(C)cccc4Cl)s3)nc(C)n2)CC1)C(=O)O. The number of halogens is 1. The lowest BCUT2D eigenvalue weighted by atomic mass is 10.0. The molecule has 0 saturated carbocycles. The smallest absolute Gasteiger partial charge is 0.480 e. The molecule has 0 bridgehead atoms. The van der Waals surface area contributed by atoms with Crippen molar-refractivity contribution < 1.29 is 64.1 Å². The third-order valence-electron chi connectivity index (χ3n) is 10.1. The molecule has 3 aromatic rings. The maximum atomic E-state index is 12.9. The van der Waals surface area contributed by atoms with Gasteiger partial charge in [0.1, 0.15) is 59.9 Å². The number of anilines is 4. The zero-order valence-corrected chi connectivity index (χ0v) is 40.1. The number of carbonyl (C=O) groups excluding carboxylic acids is 4. The molecule has 4 rings (SSSR count). The Balaban J connectivity index is 1.07. The van der Waals surface area contributed by atoms with Crippen LogP contribution in [-0.4, -0.2) is 194 Å². The first-order valence-electron chi connectivity index (χ1n) is 21.0. The van der Waals surface area contributed by atoms with Crippen molar-refractivity contribution in [2.45, 2.75) is 63.2 Å². The lowest BCUT2D eigenvalue weighted by Crippen LogP contribution is -2.51. The standard InChI is InChI=1S/C40H57ClN10O13S3/c1-22-5-4-6-24(41)33(22)49-37(59)29-19-44-39(67-29)48-30-17-31(46-23(2)45-30)51-11-9-50(10-12-51)13-14-63-40(62)64-15-16-65-66-21-26(38(60)61)47-36(58)25(42-3)7-8-32(55)43-18-27(53)34(56)35(57)28(54)20-52/h4-6,17,19,25-28,34-35,42,52-54,56-57H,7-16,18,20-21H2,1-3H3,(H,43,55)(H,47,58)(H,49,59)(H,60,61)(H,44,45,46,48)/t25-,26-,27-,28+,34+,35+/m0/s1. The van der Waals surface area contributed by atoms with E-state index in [2.05, 4.69) is 51.3 Å². The van der Waals surface area contributed by atoms with Gasteiger partial charge >= 0.3 is 12.1 Å². The van der Waals surface area contributed by atoms with E-state index < -0.39 is 73.6 Å². The lowest BCUT2D eigenvalue weighted by molar-refractivity contribution is -0.141. The topological polar surface area (TPSA) is 330 Å². The van der Waals surface area contributed by atoms with E-state index in [9.17, 15) is 49.5 Å². The number of hydrogen-bond acceptors (Lipinski definition) is 22. The maximum absolute atomic E-state index is 12.9. The lowest BCUT2D eigenvalue weighted by Gasteiger charge is -2.35. The predicted octanol–water partition coefficient (Wildman–Crippen LogP) is 0.346. The Morgan fingerprint density at radius 3 is 2.36 bits per heavy atom. The number of para-hydroxylation sites is 1. The van der Waals surface area contributed by atoms with Gasteiger partial charge in [0.05, 0.1) is 35.7 Å². The minimum absolute atomic E-state index is 0.00187. The molecule has 3 amide bonds. The molecule has 0 radical (unpaired) electrons. The second kappa shape index (κ2) is 28.0. The first kappa shape index (κ1) is 55.0. The monoisotopic (exact) mass is 1020 g/mol. The van der Waals surface area contributed by atoms with Crippen molar-refractivity contribution in [2.75, 3.05) is 93.2 Å². The highest BCUT2D eigenvalue weighted by molar-refractivity contribution is 8.76. The van der Waals surface area contributed by atoms with Gasteiger partial charge in [-0.1, -0.05) is 56.7 Å². The average molecular weight is 1020 g/mol. The van der Waals surface area contributed by atoms with Crippen LogP contribution >= 0.6 is 44.5 Å². The number of nitrogens with one attached hydrogen (secondary N) is 5. The number of ether oxygens (including phenoxy) is 2. The molecule has 370 valence electrons. The Kier molecular flexibility index (Phi) is 23.0. The van der Waals surface area contributed by atoms with Crippen LogP contribution in [0.5, 0.6) is 0 Å². The van der Waals surface area contributed by atoms with Crippen molar-refractivity contribution in [1.82, 2.24) is 35.8 Å². The van der Waals surface area contributed by atoms with Crippen molar-refractivity contribution >= 4 is 96.8 Å². The Morgan fingerprint density at radius 2 is 1.67 bits per heavy atom. The Labute approximate surface area is 403 Å². The molecule has 1 aliphatic heterocycles. The number of aliphatic hydroxyl groups is 5.